The van der Waals surface area contributed by atoms with Crippen LogP contribution in [-0.2, 0) is 20.9 Å². The van der Waals surface area contributed by atoms with Gasteiger partial charge in [-0.05, 0) is 68.1 Å². The molecule has 2 aliphatic rings. The molecule has 0 aliphatic carbocycles. The van der Waals surface area contributed by atoms with Gasteiger partial charge in [0, 0.05) is 53.8 Å². The summed E-state index contributed by atoms with van der Waals surface area (Å²) in [7, 11) is 1.43. The van der Waals surface area contributed by atoms with Crippen molar-refractivity contribution in [3.05, 3.63) is 58.3 Å². The van der Waals surface area contributed by atoms with Crippen molar-refractivity contribution in [2.45, 2.75) is 38.3 Å². The zero-order valence-electron chi connectivity index (χ0n) is 23.8. The van der Waals surface area contributed by atoms with Crippen LogP contribution >= 0.6 is 23.2 Å². The van der Waals surface area contributed by atoms with Crippen LogP contribution in [0.3, 0.4) is 0 Å². The van der Waals surface area contributed by atoms with E-state index in [0.717, 1.165) is 43.5 Å². The van der Waals surface area contributed by atoms with Crippen LogP contribution in [0.2, 0.25) is 10.0 Å². The van der Waals surface area contributed by atoms with Crippen LogP contribution in [0.1, 0.15) is 31.2 Å². The number of rotatable bonds is 10. The first-order valence-electron chi connectivity index (χ1n) is 14.2. The number of pyridine rings is 1. The summed E-state index contributed by atoms with van der Waals surface area (Å²) >= 11 is 12.6. The Kier molecular flexibility index (Phi) is 10.3. The molecular weight excluding hydrogens is 595 g/mol. The molecule has 2 saturated heterocycles. The number of aromatic nitrogens is 3. The van der Waals surface area contributed by atoms with Crippen LogP contribution < -0.4 is 15.0 Å². The molecule has 0 spiro atoms. The minimum Gasteiger partial charge on any atom is -0.469 e. The van der Waals surface area contributed by atoms with Gasteiger partial charge >= 0.3 is 5.97 Å². The lowest BCUT2D eigenvalue weighted by Crippen LogP contribution is -2.38. The number of benzene rings is 1. The minimum atomic E-state index is -0.532. The Bertz CT molecular complexity index is 1410. The third-order valence-corrected chi connectivity index (χ3v) is 8.07. The fraction of sp³-hybridized carbons (Fsp3) is 0.433. The maximum Gasteiger partial charge on any atom is 0.305 e. The Balaban J connectivity index is 1.30. The van der Waals surface area contributed by atoms with Crippen molar-refractivity contribution < 1.29 is 24.2 Å². The van der Waals surface area contributed by atoms with Crippen molar-refractivity contribution in [2.24, 2.45) is 5.92 Å². The molecule has 228 valence electrons. The van der Waals surface area contributed by atoms with Gasteiger partial charge in [0.05, 0.1) is 25.2 Å². The predicted octanol–water partition coefficient (Wildman–Crippen LogP) is 4.10. The van der Waals surface area contributed by atoms with E-state index in [2.05, 4.69) is 20.2 Å². The standard InChI is InChI=1S/C30H34Cl2N6O5/c1-42-29(41)10-19-2-5-37(6-3-19)16-20-8-26(21-11-22(31)13-23(32)12-21)36-28(9-20)43-25-14-33-30(34-15-25)38-7-4-24(17-38)35-27(40)18-39/h8-9,11-15,19,24,39H,2-7,10,16-18H2,1H3,(H,35,40). The van der Waals surface area contributed by atoms with Gasteiger partial charge in [0.25, 0.3) is 0 Å². The second-order valence-electron chi connectivity index (χ2n) is 10.8. The smallest absolute Gasteiger partial charge is 0.305 e. The SMILES string of the molecule is COC(=O)CC1CCN(Cc2cc(Oc3cnc(N4CCC(NC(=O)CO)C4)nc3)nc(-c3cc(Cl)cc(Cl)c3)c2)CC1. The lowest BCUT2D eigenvalue weighted by molar-refractivity contribution is -0.142. The molecule has 0 bridgehead atoms. The summed E-state index contributed by atoms with van der Waals surface area (Å²) in [4.78, 5) is 41.2. The van der Waals surface area contributed by atoms with Gasteiger partial charge in [0.1, 0.15) is 6.61 Å². The van der Waals surface area contributed by atoms with E-state index in [0.29, 0.717) is 65.3 Å². The topological polar surface area (TPSA) is 130 Å². The zero-order chi connectivity index (χ0) is 30.3. The Labute approximate surface area is 260 Å². The number of halogens is 2. The van der Waals surface area contributed by atoms with E-state index in [1.54, 1.807) is 18.5 Å². The van der Waals surface area contributed by atoms with Crippen molar-refractivity contribution in [3.8, 4) is 22.9 Å². The summed E-state index contributed by atoms with van der Waals surface area (Å²) in [6.07, 6.45) is 6.24. The van der Waals surface area contributed by atoms with Crippen LogP contribution in [0, 0.1) is 5.92 Å². The molecule has 13 heteroatoms. The highest BCUT2D eigenvalue weighted by molar-refractivity contribution is 6.35. The second kappa shape index (κ2) is 14.3. The Morgan fingerprint density at radius 1 is 1.02 bits per heavy atom. The molecule has 2 aromatic heterocycles. The summed E-state index contributed by atoms with van der Waals surface area (Å²) in [6, 6.07) is 9.14. The van der Waals surface area contributed by atoms with Crippen molar-refractivity contribution in [1.82, 2.24) is 25.2 Å². The molecule has 1 amide bonds. The number of amides is 1. The van der Waals surface area contributed by atoms with Crippen LogP contribution in [0.4, 0.5) is 5.95 Å². The van der Waals surface area contributed by atoms with Gasteiger partial charge < -0.3 is 24.8 Å². The first-order chi connectivity index (χ1) is 20.8. The average molecular weight is 630 g/mol. The number of nitrogens with one attached hydrogen (secondary N) is 1. The van der Waals surface area contributed by atoms with Gasteiger partial charge in [-0.2, -0.15) is 0 Å². The van der Waals surface area contributed by atoms with E-state index in [4.69, 9.17) is 42.8 Å². The molecule has 2 N–H and O–H groups in total. The van der Waals surface area contributed by atoms with Crippen LogP contribution in [0.15, 0.2) is 42.7 Å². The molecule has 1 atom stereocenters. The molecule has 43 heavy (non-hydrogen) atoms. The molecule has 0 radical (unpaired) electrons. The van der Waals surface area contributed by atoms with Crippen molar-refractivity contribution in [1.29, 1.82) is 0 Å². The number of anilines is 1. The molecule has 11 nitrogen and oxygen atoms in total. The molecule has 5 rings (SSSR count). The molecule has 3 aromatic rings. The fourth-order valence-corrected chi connectivity index (χ4v) is 5.98. The monoisotopic (exact) mass is 628 g/mol. The number of carbonyl (C=O) groups excluding carboxylic acids is 2. The summed E-state index contributed by atoms with van der Waals surface area (Å²) in [5, 5.41) is 12.8. The Morgan fingerprint density at radius 3 is 2.42 bits per heavy atom. The number of ether oxygens (including phenoxy) is 2. The number of carbonyl (C=O) groups is 2. The zero-order valence-corrected chi connectivity index (χ0v) is 25.4. The molecular formula is C30H34Cl2N6O5. The lowest BCUT2D eigenvalue weighted by atomic mass is 9.93. The highest BCUT2D eigenvalue weighted by Crippen LogP contribution is 2.31. The van der Waals surface area contributed by atoms with E-state index in [1.165, 1.54) is 7.11 Å². The van der Waals surface area contributed by atoms with E-state index in [9.17, 15) is 9.59 Å². The van der Waals surface area contributed by atoms with Crippen LogP contribution in [0.25, 0.3) is 11.3 Å². The van der Waals surface area contributed by atoms with Gasteiger partial charge in [-0.3, -0.25) is 14.5 Å². The Morgan fingerprint density at radius 2 is 1.74 bits per heavy atom. The third-order valence-electron chi connectivity index (χ3n) is 7.63. The van der Waals surface area contributed by atoms with Gasteiger partial charge in [-0.25, -0.2) is 15.0 Å². The number of aliphatic hydroxyl groups is 1. The van der Waals surface area contributed by atoms with Crippen molar-refractivity contribution in [2.75, 3.05) is 44.8 Å². The quantitative estimate of drug-likeness (QED) is 0.316. The maximum atomic E-state index is 11.7. The number of esters is 1. The number of likely N-dealkylation sites (tertiary alicyclic amines) is 1. The first kappa shape index (κ1) is 30.9. The van der Waals surface area contributed by atoms with Gasteiger partial charge in [-0.15, -0.1) is 0 Å². The summed E-state index contributed by atoms with van der Waals surface area (Å²) in [5.41, 5.74) is 2.45. The number of hydrogen-bond acceptors (Lipinski definition) is 10. The number of nitrogens with zero attached hydrogens (tertiary/aromatic N) is 5. The average Bonchev–Trinajstić information content (AvgIpc) is 3.46. The predicted molar refractivity (Wildman–Crippen MR) is 162 cm³/mol. The van der Waals surface area contributed by atoms with E-state index in [-0.39, 0.29) is 12.0 Å². The summed E-state index contributed by atoms with van der Waals surface area (Å²) in [6.45, 7) is 3.13. The molecule has 1 unspecified atom stereocenters. The maximum absolute atomic E-state index is 11.7. The van der Waals surface area contributed by atoms with Crippen molar-refractivity contribution >= 4 is 41.0 Å². The molecule has 2 fully saturated rings. The van der Waals surface area contributed by atoms with Crippen LogP contribution in [0.5, 0.6) is 11.6 Å². The van der Waals surface area contributed by atoms with Crippen LogP contribution in [-0.4, -0.2) is 82.8 Å². The summed E-state index contributed by atoms with van der Waals surface area (Å²) in [5.74, 6) is 1.11. The molecule has 1 aromatic carbocycles. The second-order valence-corrected chi connectivity index (χ2v) is 11.7. The number of piperidine rings is 1. The van der Waals surface area contributed by atoms with E-state index >= 15 is 0 Å². The normalized spacial score (nSPS) is 17.6. The van der Waals surface area contributed by atoms with E-state index < -0.39 is 12.5 Å². The summed E-state index contributed by atoms with van der Waals surface area (Å²) < 4.78 is 11.0. The van der Waals surface area contributed by atoms with E-state index in [1.807, 2.05) is 29.2 Å². The number of hydrogen-bond donors (Lipinski definition) is 2. The largest absolute Gasteiger partial charge is 0.469 e. The number of aliphatic hydroxyl groups excluding tert-OH is 1. The Hall–Kier alpha value is -3.51. The lowest BCUT2D eigenvalue weighted by Gasteiger charge is -2.31. The third kappa shape index (κ3) is 8.54. The van der Waals surface area contributed by atoms with Gasteiger partial charge in [-0.1, -0.05) is 23.2 Å². The molecule has 2 aliphatic heterocycles. The van der Waals surface area contributed by atoms with Gasteiger partial charge in [0.2, 0.25) is 17.7 Å². The highest BCUT2D eigenvalue weighted by Gasteiger charge is 2.26. The van der Waals surface area contributed by atoms with Gasteiger partial charge in [0.15, 0.2) is 5.75 Å². The molecule has 0 saturated carbocycles. The first-order valence-corrected chi connectivity index (χ1v) is 14.9. The van der Waals surface area contributed by atoms with Crippen molar-refractivity contribution in [3.63, 3.8) is 0 Å². The highest BCUT2D eigenvalue weighted by atomic mass is 35.5. The minimum absolute atomic E-state index is 0.0665. The molecule has 4 heterocycles. The number of methoxy groups -OCH3 is 1. The fourth-order valence-electron chi connectivity index (χ4n) is 5.46.